The second-order valence-electron chi connectivity index (χ2n) is 3.09. The van der Waals surface area contributed by atoms with E-state index in [-0.39, 0.29) is 5.82 Å². The molecule has 4 heteroatoms. The van der Waals surface area contributed by atoms with E-state index in [0.717, 1.165) is 18.9 Å². The highest BCUT2D eigenvalue weighted by molar-refractivity contribution is 14.1. The van der Waals surface area contributed by atoms with E-state index in [4.69, 9.17) is 5.73 Å². The zero-order valence-electron chi connectivity index (χ0n) is 7.84. The molecule has 78 valence electrons. The first-order chi connectivity index (χ1) is 7.20. The second kappa shape index (κ2) is 4.59. The number of hydrogen-bond acceptors (Lipinski definition) is 2. The van der Waals surface area contributed by atoms with E-state index >= 15 is 0 Å². The van der Waals surface area contributed by atoms with E-state index in [2.05, 4.69) is 22.6 Å². The summed E-state index contributed by atoms with van der Waals surface area (Å²) in [6.07, 6.45) is 0. The molecule has 0 saturated heterocycles. The maximum atomic E-state index is 12.9. The number of halogens is 2. The van der Waals surface area contributed by atoms with Crippen molar-refractivity contribution in [3.8, 4) is 10.4 Å². The van der Waals surface area contributed by atoms with Crippen LogP contribution in [0.25, 0.3) is 10.4 Å². The molecule has 1 heterocycles. The fourth-order valence-electron chi connectivity index (χ4n) is 1.32. The average Bonchev–Trinajstić information content (AvgIpc) is 2.66. The third kappa shape index (κ3) is 2.38. The Labute approximate surface area is 105 Å². The normalized spacial score (nSPS) is 10.6. The van der Waals surface area contributed by atoms with Crippen LogP contribution >= 0.6 is 33.9 Å². The molecule has 0 fully saturated rings. The van der Waals surface area contributed by atoms with Gasteiger partial charge < -0.3 is 5.73 Å². The Morgan fingerprint density at radius 2 is 2.07 bits per heavy atom. The molecule has 0 amide bonds. The summed E-state index contributed by atoms with van der Waals surface area (Å²) in [5.74, 6) is -0.196. The van der Waals surface area contributed by atoms with Gasteiger partial charge in [0.05, 0.1) is 0 Å². The highest BCUT2D eigenvalue weighted by Gasteiger charge is 2.06. The van der Waals surface area contributed by atoms with Crippen LogP contribution in [0.1, 0.15) is 4.88 Å². The molecule has 1 nitrogen and oxygen atoms in total. The van der Waals surface area contributed by atoms with Crippen molar-refractivity contribution in [2.45, 2.75) is 6.54 Å². The average molecular weight is 333 g/mol. The van der Waals surface area contributed by atoms with Gasteiger partial charge in [-0.25, -0.2) is 4.39 Å². The molecular formula is C11H9FINS. The van der Waals surface area contributed by atoms with Gasteiger partial charge in [-0.3, -0.25) is 0 Å². The zero-order valence-corrected chi connectivity index (χ0v) is 10.8. The van der Waals surface area contributed by atoms with Gasteiger partial charge in [0.25, 0.3) is 0 Å². The van der Waals surface area contributed by atoms with Gasteiger partial charge >= 0.3 is 0 Å². The Morgan fingerprint density at radius 3 is 2.67 bits per heavy atom. The van der Waals surface area contributed by atoms with Crippen LogP contribution in [0.3, 0.4) is 0 Å². The van der Waals surface area contributed by atoms with Crippen LogP contribution in [0.15, 0.2) is 30.3 Å². The van der Waals surface area contributed by atoms with Crippen LogP contribution in [-0.4, -0.2) is 0 Å². The van der Waals surface area contributed by atoms with E-state index in [0.29, 0.717) is 6.54 Å². The van der Waals surface area contributed by atoms with Gasteiger partial charge in [0.15, 0.2) is 0 Å². The minimum atomic E-state index is -0.196. The van der Waals surface area contributed by atoms with Gasteiger partial charge in [-0.2, -0.15) is 0 Å². The Hall–Kier alpha value is -0.460. The standard InChI is InChI=1S/C11H9FINS/c12-7-1-3-9(10(13)5-7)11-4-2-8(6-14)15-11/h1-5H,6,14H2. The summed E-state index contributed by atoms with van der Waals surface area (Å²) < 4.78 is 13.8. The van der Waals surface area contributed by atoms with Crippen LogP contribution in [0.4, 0.5) is 4.39 Å². The molecule has 15 heavy (non-hydrogen) atoms. The van der Waals surface area contributed by atoms with Crippen molar-refractivity contribution in [2.75, 3.05) is 0 Å². The molecule has 0 aliphatic heterocycles. The lowest BCUT2D eigenvalue weighted by Crippen LogP contribution is -1.91. The number of rotatable bonds is 2. The Bertz CT molecular complexity index is 481. The van der Waals surface area contributed by atoms with E-state index in [1.165, 1.54) is 12.1 Å². The Kier molecular flexibility index (Phi) is 3.38. The lowest BCUT2D eigenvalue weighted by Gasteiger charge is -2.01. The van der Waals surface area contributed by atoms with E-state index in [1.807, 2.05) is 18.2 Å². The lowest BCUT2D eigenvalue weighted by molar-refractivity contribution is 0.627. The van der Waals surface area contributed by atoms with E-state index in [1.54, 1.807) is 11.3 Å². The van der Waals surface area contributed by atoms with Crippen molar-refractivity contribution >= 4 is 33.9 Å². The van der Waals surface area contributed by atoms with Crippen molar-refractivity contribution in [3.05, 3.63) is 44.6 Å². The molecular weight excluding hydrogens is 324 g/mol. The summed E-state index contributed by atoms with van der Waals surface area (Å²) in [6, 6.07) is 8.88. The maximum absolute atomic E-state index is 12.9. The van der Waals surface area contributed by atoms with Gasteiger partial charge in [0, 0.05) is 25.4 Å². The molecule has 1 aromatic heterocycles. The minimum Gasteiger partial charge on any atom is -0.326 e. The van der Waals surface area contributed by atoms with E-state index < -0.39 is 0 Å². The summed E-state index contributed by atoms with van der Waals surface area (Å²) >= 11 is 3.80. The third-order valence-corrected chi connectivity index (χ3v) is 4.09. The fraction of sp³-hybridized carbons (Fsp3) is 0.0909. The van der Waals surface area contributed by atoms with Crippen LogP contribution in [-0.2, 0) is 6.54 Å². The number of thiophene rings is 1. The van der Waals surface area contributed by atoms with Crippen molar-refractivity contribution in [1.82, 2.24) is 0 Å². The molecule has 2 aromatic rings. The minimum absolute atomic E-state index is 0.196. The highest BCUT2D eigenvalue weighted by atomic mass is 127. The van der Waals surface area contributed by atoms with Gasteiger partial charge in [0.1, 0.15) is 5.82 Å². The fourth-order valence-corrected chi connectivity index (χ4v) is 3.20. The summed E-state index contributed by atoms with van der Waals surface area (Å²) in [6.45, 7) is 0.558. The third-order valence-electron chi connectivity index (χ3n) is 2.06. The number of hydrogen-bond donors (Lipinski definition) is 1. The first-order valence-corrected chi connectivity index (χ1v) is 6.34. The zero-order chi connectivity index (χ0) is 10.8. The van der Waals surface area contributed by atoms with Gasteiger partial charge in [0.2, 0.25) is 0 Å². The molecule has 0 unspecified atom stereocenters. The molecule has 0 saturated carbocycles. The SMILES string of the molecule is NCc1ccc(-c2ccc(F)cc2I)s1. The highest BCUT2D eigenvalue weighted by Crippen LogP contribution is 2.31. The van der Waals surface area contributed by atoms with Crippen LogP contribution in [0, 0.1) is 9.39 Å². The maximum Gasteiger partial charge on any atom is 0.124 e. The first-order valence-electron chi connectivity index (χ1n) is 4.45. The Morgan fingerprint density at radius 1 is 1.27 bits per heavy atom. The molecule has 1 aromatic carbocycles. The topological polar surface area (TPSA) is 26.0 Å². The molecule has 0 aliphatic carbocycles. The van der Waals surface area contributed by atoms with E-state index in [9.17, 15) is 4.39 Å². The molecule has 0 radical (unpaired) electrons. The van der Waals surface area contributed by atoms with Crippen molar-refractivity contribution in [3.63, 3.8) is 0 Å². The van der Waals surface area contributed by atoms with Crippen LogP contribution in [0.5, 0.6) is 0 Å². The summed E-state index contributed by atoms with van der Waals surface area (Å²) in [5.41, 5.74) is 6.62. The van der Waals surface area contributed by atoms with Crippen LogP contribution < -0.4 is 5.73 Å². The lowest BCUT2D eigenvalue weighted by atomic mass is 10.2. The van der Waals surface area contributed by atoms with Crippen molar-refractivity contribution in [1.29, 1.82) is 0 Å². The molecule has 2 rings (SSSR count). The van der Waals surface area contributed by atoms with Gasteiger partial charge in [-0.15, -0.1) is 11.3 Å². The number of nitrogens with two attached hydrogens (primary N) is 1. The molecule has 0 bridgehead atoms. The smallest absolute Gasteiger partial charge is 0.124 e. The predicted molar refractivity (Wildman–Crippen MR) is 70.3 cm³/mol. The quantitative estimate of drug-likeness (QED) is 0.835. The number of benzene rings is 1. The van der Waals surface area contributed by atoms with Crippen molar-refractivity contribution in [2.24, 2.45) is 5.73 Å². The summed E-state index contributed by atoms with van der Waals surface area (Å²) in [5, 5.41) is 0. The Balaban J connectivity index is 2.44. The molecule has 0 aliphatic rings. The van der Waals surface area contributed by atoms with Gasteiger partial charge in [-0.1, -0.05) is 0 Å². The largest absolute Gasteiger partial charge is 0.326 e. The monoisotopic (exact) mass is 333 g/mol. The molecule has 0 spiro atoms. The molecule has 2 N–H and O–H groups in total. The second-order valence-corrected chi connectivity index (χ2v) is 5.42. The first kappa shape index (κ1) is 11.0. The summed E-state index contributed by atoms with van der Waals surface area (Å²) in [7, 11) is 0. The van der Waals surface area contributed by atoms with Crippen molar-refractivity contribution < 1.29 is 4.39 Å². The molecule has 0 atom stereocenters. The van der Waals surface area contributed by atoms with Crippen LogP contribution in [0.2, 0.25) is 0 Å². The summed E-state index contributed by atoms with van der Waals surface area (Å²) in [4.78, 5) is 2.28. The van der Waals surface area contributed by atoms with Gasteiger partial charge in [-0.05, 0) is 52.9 Å². The predicted octanol–water partition coefficient (Wildman–Crippen LogP) is 3.62.